The lowest BCUT2D eigenvalue weighted by molar-refractivity contribution is 0.0895. The molecule has 0 saturated carbocycles. The minimum Gasteiger partial charge on any atom is -0.345 e. The molecule has 1 aromatic carbocycles. The van der Waals surface area contributed by atoms with Crippen LogP contribution in [-0.2, 0) is 0 Å². The molecular weight excluding hydrogens is 271 g/mol. The molecule has 0 aromatic heterocycles. The number of hydrogen-bond donors (Lipinski definition) is 2. The van der Waals surface area contributed by atoms with E-state index in [1.165, 1.54) is 0 Å². The van der Waals surface area contributed by atoms with Gasteiger partial charge in [0, 0.05) is 22.2 Å². The van der Waals surface area contributed by atoms with Gasteiger partial charge in [-0.3, -0.25) is 4.79 Å². The van der Waals surface area contributed by atoms with Gasteiger partial charge in [0.15, 0.2) is 0 Å². The van der Waals surface area contributed by atoms with Crippen molar-refractivity contribution in [2.75, 3.05) is 6.54 Å². The highest BCUT2D eigenvalue weighted by Gasteiger charge is 2.26. The van der Waals surface area contributed by atoms with E-state index in [4.69, 9.17) is 28.9 Å². The summed E-state index contributed by atoms with van der Waals surface area (Å²) in [5, 5.41) is 3.86. The SMILES string of the molecule is CCC(CC)(CN)NC(=O)c1cc(Cl)cc(Cl)c1. The Bertz CT molecular complexity index is 402. The minimum atomic E-state index is -0.369. The van der Waals surface area contributed by atoms with Gasteiger partial charge in [-0.1, -0.05) is 37.0 Å². The summed E-state index contributed by atoms with van der Waals surface area (Å²) in [6, 6.07) is 4.78. The molecular formula is C13H18Cl2N2O. The van der Waals surface area contributed by atoms with Crippen molar-refractivity contribution >= 4 is 29.1 Å². The zero-order valence-electron chi connectivity index (χ0n) is 10.6. The quantitative estimate of drug-likeness (QED) is 0.874. The fourth-order valence-corrected chi connectivity index (χ4v) is 2.29. The highest BCUT2D eigenvalue weighted by molar-refractivity contribution is 6.35. The molecule has 0 heterocycles. The van der Waals surface area contributed by atoms with Crippen LogP contribution >= 0.6 is 23.2 Å². The maximum atomic E-state index is 12.2. The lowest BCUT2D eigenvalue weighted by Gasteiger charge is -2.31. The van der Waals surface area contributed by atoms with Gasteiger partial charge < -0.3 is 11.1 Å². The Labute approximate surface area is 118 Å². The van der Waals surface area contributed by atoms with E-state index in [1.54, 1.807) is 18.2 Å². The molecule has 1 amide bonds. The van der Waals surface area contributed by atoms with Crippen LogP contribution in [0.5, 0.6) is 0 Å². The number of nitrogens with two attached hydrogens (primary N) is 1. The van der Waals surface area contributed by atoms with Crippen LogP contribution in [0.15, 0.2) is 18.2 Å². The molecule has 0 aliphatic rings. The number of nitrogens with one attached hydrogen (secondary N) is 1. The van der Waals surface area contributed by atoms with Gasteiger partial charge >= 0.3 is 0 Å². The summed E-state index contributed by atoms with van der Waals surface area (Å²) in [6.45, 7) is 4.41. The highest BCUT2D eigenvalue weighted by Crippen LogP contribution is 2.20. The second kappa shape index (κ2) is 6.41. The van der Waals surface area contributed by atoms with Crippen LogP contribution < -0.4 is 11.1 Å². The predicted molar refractivity (Wildman–Crippen MR) is 76.3 cm³/mol. The van der Waals surface area contributed by atoms with Crippen LogP contribution in [0.1, 0.15) is 37.0 Å². The molecule has 0 radical (unpaired) electrons. The summed E-state index contributed by atoms with van der Waals surface area (Å²) in [6.07, 6.45) is 1.56. The number of hydrogen-bond acceptors (Lipinski definition) is 2. The van der Waals surface area contributed by atoms with E-state index in [2.05, 4.69) is 5.32 Å². The molecule has 0 saturated heterocycles. The molecule has 0 spiro atoms. The first-order valence-electron chi connectivity index (χ1n) is 5.95. The molecule has 0 bridgehead atoms. The lowest BCUT2D eigenvalue weighted by Crippen LogP contribution is -2.52. The van der Waals surface area contributed by atoms with Crippen molar-refractivity contribution in [3.05, 3.63) is 33.8 Å². The summed E-state index contributed by atoms with van der Waals surface area (Å²) < 4.78 is 0. The van der Waals surface area contributed by atoms with Crippen LogP contribution in [-0.4, -0.2) is 18.0 Å². The molecule has 0 unspecified atom stereocenters. The Morgan fingerprint density at radius 2 is 1.72 bits per heavy atom. The van der Waals surface area contributed by atoms with Gasteiger partial charge in [-0.15, -0.1) is 0 Å². The van der Waals surface area contributed by atoms with Gasteiger partial charge in [0.2, 0.25) is 0 Å². The number of amides is 1. The molecule has 100 valence electrons. The summed E-state index contributed by atoms with van der Waals surface area (Å²) in [4.78, 5) is 12.2. The monoisotopic (exact) mass is 288 g/mol. The van der Waals surface area contributed by atoms with Crippen molar-refractivity contribution in [1.29, 1.82) is 0 Å². The first-order chi connectivity index (χ1) is 8.46. The average Bonchev–Trinajstić information content (AvgIpc) is 2.35. The molecule has 0 aliphatic heterocycles. The van der Waals surface area contributed by atoms with Crippen molar-refractivity contribution in [1.82, 2.24) is 5.32 Å². The van der Waals surface area contributed by atoms with Gasteiger partial charge in [-0.05, 0) is 31.0 Å². The number of benzene rings is 1. The fraction of sp³-hybridized carbons (Fsp3) is 0.462. The molecule has 18 heavy (non-hydrogen) atoms. The smallest absolute Gasteiger partial charge is 0.251 e. The lowest BCUT2D eigenvalue weighted by atomic mass is 9.92. The Kier molecular flexibility index (Phi) is 5.45. The van der Waals surface area contributed by atoms with Crippen molar-refractivity contribution in [2.45, 2.75) is 32.2 Å². The molecule has 0 atom stereocenters. The third-order valence-corrected chi connectivity index (χ3v) is 3.68. The van der Waals surface area contributed by atoms with Crippen molar-refractivity contribution in [3.63, 3.8) is 0 Å². The highest BCUT2D eigenvalue weighted by atomic mass is 35.5. The maximum Gasteiger partial charge on any atom is 0.251 e. The van der Waals surface area contributed by atoms with Gasteiger partial charge in [-0.2, -0.15) is 0 Å². The average molecular weight is 289 g/mol. The molecule has 0 aliphatic carbocycles. The van der Waals surface area contributed by atoms with Gasteiger partial charge in [0.25, 0.3) is 5.91 Å². The zero-order chi connectivity index (χ0) is 13.8. The molecule has 5 heteroatoms. The number of rotatable bonds is 5. The zero-order valence-corrected chi connectivity index (χ0v) is 12.1. The van der Waals surface area contributed by atoms with Crippen molar-refractivity contribution < 1.29 is 4.79 Å². The Balaban J connectivity index is 2.94. The summed E-state index contributed by atoms with van der Waals surface area (Å²) in [5.41, 5.74) is 5.83. The van der Waals surface area contributed by atoms with Gasteiger partial charge in [0.05, 0.1) is 5.54 Å². The number of carbonyl (C=O) groups is 1. The first-order valence-corrected chi connectivity index (χ1v) is 6.70. The van der Waals surface area contributed by atoms with Crippen LogP contribution in [0.3, 0.4) is 0 Å². The van der Waals surface area contributed by atoms with E-state index in [1.807, 2.05) is 13.8 Å². The summed E-state index contributed by atoms with van der Waals surface area (Å²) in [5.74, 6) is -0.200. The molecule has 3 nitrogen and oxygen atoms in total. The largest absolute Gasteiger partial charge is 0.345 e. The standard InChI is InChI=1S/C13H18Cl2N2O/c1-3-13(4-2,8-16)17-12(18)9-5-10(14)7-11(15)6-9/h5-7H,3-4,8,16H2,1-2H3,(H,17,18). The third kappa shape index (κ3) is 3.61. The Morgan fingerprint density at radius 3 is 2.11 bits per heavy atom. The summed E-state index contributed by atoms with van der Waals surface area (Å²) >= 11 is 11.8. The van der Waals surface area contributed by atoms with E-state index in [0.717, 1.165) is 12.8 Å². The minimum absolute atomic E-state index is 0.200. The maximum absolute atomic E-state index is 12.2. The Hall–Kier alpha value is -0.770. The van der Waals surface area contributed by atoms with Gasteiger partial charge in [-0.25, -0.2) is 0 Å². The van der Waals surface area contributed by atoms with E-state index in [-0.39, 0.29) is 11.4 Å². The Morgan fingerprint density at radius 1 is 1.22 bits per heavy atom. The van der Waals surface area contributed by atoms with Crippen molar-refractivity contribution in [2.24, 2.45) is 5.73 Å². The predicted octanol–water partition coefficient (Wildman–Crippen LogP) is 3.24. The molecule has 3 N–H and O–H groups in total. The fourth-order valence-electron chi connectivity index (χ4n) is 1.76. The third-order valence-electron chi connectivity index (χ3n) is 3.25. The van der Waals surface area contributed by atoms with Crippen LogP contribution in [0.25, 0.3) is 0 Å². The first kappa shape index (κ1) is 15.3. The molecule has 1 aromatic rings. The molecule has 0 fully saturated rings. The van der Waals surface area contributed by atoms with Crippen LogP contribution in [0, 0.1) is 0 Å². The van der Waals surface area contributed by atoms with Crippen molar-refractivity contribution in [3.8, 4) is 0 Å². The van der Waals surface area contributed by atoms with Crippen LogP contribution in [0.2, 0.25) is 10.0 Å². The van der Waals surface area contributed by atoms with E-state index >= 15 is 0 Å². The second-order valence-corrected chi connectivity index (χ2v) is 5.18. The number of halogens is 2. The van der Waals surface area contributed by atoms with Gasteiger partial charge in [0.1, 0.15) is 0 Å². The second-order valence-electron chi connectivity index (χ2n) is 4.30. The van der Waals surface area contributed by atoms with E-state index in [9.17, 15) is 4.79 Å². The molecule has 1 rings (SSSR count). The summed E-state index contributed by atoms with van der Waals surface area (Å²) in [7, 11) is 0. The van der Waals surface area contributed by atoms with E-state index in [0.29, 0.717) is 22.2 Å². The number of carbonyl (C=O) groups excluding carboxylic acids is 1. The normalized spacial score (nSPS) is 11.4. The van der Waals surface area contributed by atoms with E-state index < -0.39 is 0 Å². The topological polar surface area (TPSA) is 55.1 Å². The van der Waals surface area contributed by atoms with Crippen LogP contribution in [0.4, 0.5) is 0 Å².